The van der Waals surface area contributed by atoms with Crippen molar-refractivity contribution in [3.8, 4) is 11.5 Å². The third-order valence-electron chi connectivity index (χ3n) is 5.95. The lowest BCUT2D eigenvalue weighted by Crippen LogP contribution is -2.54. The van der Waals surface area contributed by atoms with Crippen LogP contribution in [0, 0.1) is 5.82 Å². The first kappa shape index (κ1) is 23.8. The number of hydrogen-bond acceptors (Lipinski definition) is 5. The maximum absolute atomic E-state index is 13.4. The van der Waals surface area contributed by atoms with Crippen LogP contribution < -0.4 is 19.7 Å². The summed E-state index contributed by atoms with van der Waals surface area (Å²) in [6.07, 6.45) is 3.29. The number of rotatable bonds is 7. The Hall–Kier alpha value is -4.92. The highest BCUT2D eigenvalue weighted by Crippen LogP contribution is 2.27. The zero-order chi connectivity index (χ0) is 25.9. The molecule has 0 radical (unpaired) electrons. The van der Waals surface area contributed by atoms with Crippen LogP contribution in [0.15, 0.2) is 84.6 Å². The summed E-state index contributed by atoms with van der Waals surface area (Å²) >= 11 is 0. The van der Waals surface area contributed by atoms with Crippen LogP contribution >= 0.6 is 0 Å². The first-order chi connectivity index (χ1) is 17.9. The average Bonchev–Trinajstić information content (AvgIpc) is 3.25. The molecule has 1 saturated heterocycles. The molecule has 0 spiro atoms. The second kappa shape index (κ2) is 9.98. The Bertz CT molecular complexity index is 1540. The molecular weight excluding hydrogens is 477 g/mol. The number of urea groups is 1. The van der Waals surface area contributed by atoms with Crippen LogP contribution in [0.4, 0.5) is 14.9 Å². The van der Waals surface area contributed by atoms with Gasteiger partial charge >= 0.3 is 6.03 Å². The number of nitrogens with zero attached hydrogens (tertiary/aromatic N) is 2. The number of fused-ring (bicyclic) bond motifs is 1. The summed E-state index contributed by atoms with van der Waals surface area (Å²) < 4.78 is 26.4. The maximum atomic E-state index is 13.4. The van der Waals surface area contributed by atoms with Crippen LogP contribution in [0.5, 0.6) is 11.5 Å². The Morgan fingerprint density at radius 1 is 0.946 bits per heavy atom. The summed E-state index contributed by atoms with van der Waals surface area (Å²) in [5, 5.41) is 3.01. The number of hydrogen-bond donors (Lipinski definition) is 1. The monoisotopic (exact) mass is 499 g/mol. The number of imide groups is 2. The molecule has 1 aliphatic heterocycles. The first-order valence-corrected chi connectivity index (χ1v) is 11.5. The van der Waals surface area contributed by atoms with Gasteiger partial charge in [-0.3, -0.25) is 14.9 Å². The van der Waals surface area contributed by atoms with Crippen LogP contribution in [0.1, 0.15) is 5.56 Å². The molecule has 1 N–H and O–H groups in total. The average molecular weight is 499 g/mol. The van der Waals surface area contributed by atoms with E-state index in [-0.39, 0.29) is 11.3 Å². The van der Waals surface area contributed by atoms with Crippen molar-refractivity contribution in [1.29, 1.82) is 0 Å². The van der Waals surface area contributed by atoms with Gasteiger partial charge in [-0.25, -0.2) is 14.1 Å². The summed E-state index contributed by atoms with van der Waals surface area (Å²) in [6.45, 7) is 0.870. The molecule has 1 aliphatic rings. The van der Waals surface area contributed by atoms with Gasteiger partial charge in [0.1, 0.15) is 29.5 Å². The van der Waals surface area contributed by atoms with Gasteiger partial charge in [0.15, 0.2) is 0 Å². The number of carbonyl (C=O) groups excluding carboxylic acids is 3. The van der Waals surface area contributed by atoms with E-state index in [1.165, 1.54) is 18.2 Å². The maximum Gasteiger partial charge on any atom is 0.335 e. The van der Waals surface area contributed by atoms with Gasteiger partial charge in [-0.1, -0.05) is 24.3 Å². The van der Waals surface area contributed by atoms with Gasteiger partial charge in [0.25, 0.3) is 11.8 Å². The first-order valence-electron chi connectivity index (χ1n) is 11.5. The fourth-order valence-electron chi connectivity index (χ4n) is 4.17. The molecule has 1 aromatic heterocycles. The number of para-hydroxylation sites is 1. The van der Waals surface area contributed by atoms with Crippen LogP contribution in [0.3, 0.4) is 0 Å². The zero-order valence-corrected chi connectivity index (χ0v) is 19.8. The zero-order valence-electron chi connectivity index (χ0n) is 19.8. The van der Waals surface area contributed by atoms with Gasteiger partial charge in [-0.05, 0) is 48.5 Å². The molecule has 8 nitrogen and oxygen atoms in total. The third-order valence-corrected chi connectivity index (χ3v) is 5.95. The molecule has 9 heteroatoms. The second-order valence-corrected chi connectivity index (χ2v) is 8.26. The number of ether oxygens (including phenoxy) is 2. The van der Waals surface area contributed by atoms with Gasteiger partial charge < -0.3 is 14.0 Å². The highest BCUT2D eigenvalue weighted by molar-refractivity contribution is 6.39. The molecule has 4 aromatic rings. The fourth-order valence-corrected chi connectivity index (χ4v) is 4.17. The molecule has 1 fully saturated rings. The van der Waals surface area contributed by atoms with E-state index in [4.69, 9.17) is 9.47 Å². The van der Waals surface area contributed by atoms with Crippen molar-refractivity contribution >= 4 is 40.5 Å². The van der Waals surface area contributed by atoms with Crippen molar-refractivity contribution in [2.45, 2.75) is 6.54 Å². The van der Waals surface area contributed by atoms with Gasteiger partial charge in [0.05, 0.1) is 19.3 Å². The van der Waals surface area contributed by atoms with E-state index < -0.39 is 23.7 Å². The number of benzene rings is 3. The van der Waals surface area contributed by atoms with Crippen molar-refractivity contribution in [1.82, 2.24) is 9.88 Å². The van der Waals surface area contributed by atoms with E-state index in [1.54, 1.807) is 13.2 Å². The number of carbonyl (C=O) groups is 3. The normalized spacial score (nSPS) is 14.8. The number of anilines is 1. The lowest BCUT2D eigenvalue weighted by atomic mass is 10.1. The molecular formula is C28H22FN3O5. The molecule has 37 heavy (non-hydrogen) atoms. The number of halogens is 1. The Balaban J connectivity index is 1.43. The number of aromatic nitrogens is 1. The number of barbiturate groups is 1. The summed E-state index contributed by atoms with van der Waals surface area (Å²) in [4.78, 5) is 39.1. The Morgan fingerprint density at radius 3 is 2.49 bits per heavy atom. The van der Waals surface area contributed by atoms with E-state index in [2.05, 4.69) is 5.32 Å². The van der Waals surface area contributed by atoms with Crippen molar-refractivity contribution in [2.24, 2.45) is 0 Å². The predicted molar refractivity (Wildman–Crippen MR) is 136 cm³/mol. The van der Waals surface area contributed by atoms with E-state index >= 15 is 0 Å². The van der Waals surface area contributed by atoms with E-state index in [1.807, 2.05) is 53.2 Å². The highest BCUT2D eigenvalue weighted by Gasteiger charge is 2.37. The van der Waals surface area contributed by atoms with Crippen LogP contribution in [-0.4, -0.2) is 36.1 Å². The number of amides is 4. The smallest absolute Gasteiger partial charge is 0.335 e. The second-order valence-electron chi connectivity index (χ2n) is 8.26. The lowest BCUT2D eigenvalue weighted by molar-refractivity contribution is -0.122. The SMILES string of the molecule is COc1cccc(OCCn2cc(/C=C3/C(=O)NC(=O)N(c4ccc(F)cc4)C3=O)c3ccccc32)c1. The summed E-state index contributed by atoms with van der Waals surface area (Å²) in [5.74, 6) is -0.733. The van der Waals surface area contributed by atoms with Gasteiger partial charge in [-0.2, -0.15) is 0 Å². The van der Waals surface area contributed by atoms with E-state index in [9.17, 15) is 18.8 Å². The molecule has 0 unspecified atom stereocenters. The van der Waals surface area contributed by atoms with Crippen LogP contribution in [0.25, 0.3) is 17.0 Å². The minimum absolute atomic E-state index is 0.152. The fraction of sp³-hybridized carbons (Fsp3) is 0.107. The number of methoxy groups -OCH3 is 1. The lowest BCUT2D eigenvalue weighted by Gasteiger charge is -2.26. The van der Waals surface area contributed by atoms with Gasteiger partial charge in [0, 0.05) is 28.7 Å². The van der Waals surface area contributed by atoms with Crippen molar-refractivity contribution in [2.75, 3.05) is 18.6 Å². The third kappa shape index (κ3) is 4.79. The van der Waals surface area contributed by atoms with Crippen molar-refractivity contribution in [3.63, 3.8) is 0 Å². The van der Waals surface area contributed by atoms with E-state index in [0.717, 1.165) is 27.9 Å². The molecule has 5 rings (SSSR count). The topological polar surface area (TPSA) is 89.9 Å². The Labute approximate surface area is 211 Å². The molecule has 2 heterocycles. The highest BCUT2D eigenvalue weighted by atomic mass is 19.1. The standard InChI is InChI=1S/C28H22FN3O5/c1-36-21-5-4-6-22(16-21)37-14-13-31-17-18(23-7-2-3-8-25(23)31)15-24-26(33)30-28(35)32(27(24)34)20-11-9-19(29)10-12-20/h2-12,15-17H,13-14H2,1H3,(H,30,33,35)/b24-15-. The number of nitrogens with one attached hydrogen (secondary N) is 1. The summed E-state index contributed by atoms with van der Waals surface area (Å²) in [5.41, 5.74) is 1.46. The van der Waals surface area contributed by atoms with Crippen LogP contribution in [-0.2, 0) is 16.1 Å². The Kier molecular flexibility index (Phi) is 6.42. The molecule has 4 amide bonds. The van der Waals surface area contributed by atoms with E-state index in [0.29, 0.717) is 30.2 Å². The van der Waals surface area contributed by atoms with Gasteiger partial charge in [-0.15, -0.1) is 0 Å². The van der Waals surface area contributed by atoms with Crippen LogP contribution in [0.2, 0.25) is 0 Å². The Morgan fingerprint density at radius 2 is 1.70 bits per heavy atom. The molecule has 3 aromatic carbocycles. The molecule has 186 valence electrons. The minimum atomic E-state index is -0.893. The molecule has 0 aliphatic carbocycles. The van der Waals surface area contributed by atoms with Crippen molar-refractivity contribution in [3.05, 3.63) is 95.9 Å². The minimum Gasteiger partial charge on any atom is -0.497 e. The quantitative estimate of drug-likeness (QED) is 0.298. The molecule has 0 bridgehead atoms. The molecule has 0 atom stereocenters. The summed E-state index contributed by atoms with van der Waals surface area (Å²) in [7, 11) is 1.59. The van der Waals surface area contributed by atoms with Gasteiger partial charge in [0.2, 0.25) is 0 Å². The predicted octanol–water partition coefficient (Wildman–Crippen LogP) is 4.53. The van der Waals surface area contributed by atoms with Crippen molar-refractivity contribution < 1.29 is 28.2 Å². The largest absolute Gasteiger partial charge is 0.497 e. The molecule has 0 saturated carbocycles. The summed E-state index contributed by atoms with van der Waals surface area (Å²) in [6, 6.07) is 18.9.